The van der Waals surface area contributed by atoms with Crippen molar-refractivity contribution in [2.75, 3.05) is 12.3 Å². The minimum absolute atomic E-state index is 0.0954. The molecule has 0 aliphatic carbocycles. The lowest BCUT2D eigenvalue weighted by Crippen LogP contribution is -2.41. The van der Waals surface area contributed by atoms with Crippen LogP contribution < -0.4 is 0 Å². The van der Waals surface area contributed by atoms with Gasteiger partial charge in [-0.3, -0.25) is 4.79 Å². The highest BCUT2D eigenvalue weighted by Gasteiger charge is 2.33. The molecule has 1 aromatic carbocycles. The van der Waals surface area contributed by atoms with Crippen molar-refractivity contribution < 1.29 is 14.7 Å². The predicted octanol–water partition coefficient (Wildman–Crippen LogP) is 2.65. The third-order valence-electron chi connectivity index (χ3n) is 3.24. The third kappa shape index (κ3) is 3.90. The Kier molecular flexibility index (Phi) is 5.31. The summed E-state index contributed by atoms with van der Waals surface area (Å²) in [5.41, 5.74) is 1.06. The molecule has 1 aromatic rings. The Hall–Kier alpha value is -1.20. The monoisotopic (exact) mass is 313 g/mol. The average Bonchev–Trinajstić information content (AvgIpc) is 2.88. The van der Waals surface area contributed by atoms with Crippen molar-refractivity contribution in [1.29, 1.82) is 0 Å². The van der Waals surface area contributed by atoms with Crippen LogP contribution >= 0.6 is 23.4 Å². The maximum Gasteiger partial charge on any atom is 0.326 e. The number of likely N-dealkylation sites (tertiary alicyclic amines) is 1. The van der Waals surface area contributed by atoms with E-state index in [0.29, 0.717) is 29.5 Å². The van der Waals surface area contributed by atoms with E-state index < -0.39 is 12.0 Å². The van der Waals surface area contributed by atoms with Crippen molar-refractivity contribution >= 4 is 35.2 Å². The van der Waals surface area contributed by atoms with Gasteiger partial charge in [-0.2, -0.15) is 0 Å². The maximum absolute atomic E-state index is 12.0. The fourth-order valence-electron chi connectivity index (χ4n) is 2.29. The number of carbonyl (C=O) groups is 2. The molecule has 1 saturated heterocycles. The Balaban J connectivity index is 1.82. The van der Waals surface area contributed by atoms with Crippen molar-refractivity contribution in [2.45, 2.75) is 24.6 Å². The molecule has 1 fully saturated rings. The van der Waals surface area contributed by atoms with Crippen LogP contribution in [0, 0.1) is 0 Å². The van der Waals surface area contributed by atoms with E-state index in [-0.39, 0.29) is 5.91 Å². The van der Waals surface area contributed by atoms with Gasteiger partial charge in [0, 0.05) is 17.3 Å². The first-order valence-corrected chi connectivity index (χ1v) is 7.95. The first-order valence-electron chi connectivity index (χ1n) is 6.42. The summed E-state index contributed by atoms with van der Waals surface area (Å²) in [5, 5.41) is 9.73. The Morgan fingerprint density at radius 3 is 2.95 bits per heavy atom. The van der Waals surface area contributed by atoms with Crippen molar-refractivity contribution in [2.24, 2.45) is 0 Å². The van der Waals surface area contributed by atoms with E-state index in [4.69, 9.17) is 16.7 Å². The van der Waals surface area contributed by atoms with Crippen molar-refractivity contribution in [3.8, 4) is 0 Å². The first-order chi connectivity index (χ1) is 9.58. The SMILES string of the molecule is O=C(O)[C@@H]1CCCN1C(=O)CSCc1cccc(Cl)c1. The lowest BCUT2D eigenvalue weighted by Gasteiger charge is -2.21. The molecule has 1 atom stereocenters. The van der Waals surface area contributed by atoms with Gasteiger partial charge in [0.1, 0.15) is 6.04 Å². The van der Waals surface area contributed by atoms with E-state index in [9.17, 15) is 9.59 Å². The molecule has 0 spiro atoms. The summed E-state index contributed by atoms with van der Waals surface area (Å²) in [6.07, 6.45) is 1.32. The van der Waals surface area contributed by atoms with E-state index in [1.165, 1.54) is 16.7 Å². The zero-order valence-corrected chi connectivity index (χ0v) is 12.5. The van der Waals surface area contributed by atoms with Gasteiger partial charge in [0.2, 0.25) is 5.91 Å². The Bertz CT molecular complexity index is 509. The van der Waals surface area contributed by atoms with E-state index in [2.05, 4.69) is 0 Å². The number of amides is 1. The molecule has 1 amide bonds. The lowest BCUT2D eigenvalue weighted by atomic mass is 10.2. The molecule has 20 heavy (non-hydrogen) atoms. The summed E-state index contributed by atoms with van der Waals surface area (Å²) in [5.74, 6) is -0.00799. The van der Waals surface area contributed by atoms with Crippen molar-refractivity contribution in [3.05, 3.63) is 34.9 Å². The molecule has 0 bridgehead atoms. The minimum Gasteiger partial charge on any atom is -0.480 e. The maximum atomic E-state index is 12.0. The molecule has 0 saturated carbocycles. The zero-order chi connectivity index (χ0) is 14.5. The summed E-state index contributed by atoms with van der Waals surface area (Å²) < 4.78 is 0. The highest BCUT2D eigenvalue weighted by molar-refractivity contribution is 7.99. The molecule has 6 heteroatoms. The van der Waals surface area contributed by atoms with Gasteiger partial charge in [-0.15, -0.1) is 11.8 Å². The number of rotatable bonds is 5. The van der Waals surface area contributed by atoms with Gasteiger partial charge in [-0.25, -0.2) is 4.79 Å². The molecule has 0 radical (unpaired) electrons. The predicted molar refractivity (Wildman–Crippen MR) is 80.0 cm³/mol. The molecular weight excluding hydrogens is 298 g/mol. The van der Waals surface area contributed by atoms with Crippen LogP contribution in [-0.2, 0) is 15.3 Å². The van der Waals surface area contributed by atoms with Crippen LogP contribution in [0.5, 0.6) is 0 Å². The minimum atomic E-state index is -0.907. The fraction of sp³-hybridized carbons (Fsp3) is 0.429. The highest BCUT2D eigenvalue weighted by atomic mass is 35.5. The number of aliphatic carboxylic acids is 1. The molecule has 1 aliphatic rings. The second kappa shape index (κ2) is 6.99. The number of nitrogens with zero attached hydrogens (tertiary/aromatic N) is 1. The van der Waals surface area contributed by atoms with E-state index in [1.54, 1.807) is 0 Å². The number of hydrogen-bond acceptors (Lipinski definition) is 3. The molecule has 108 valence electrons. The van der Waals surface area contributed by atoms with Crippen molar-refractivity contribution in [3.63, 3.8) is 0 Å². The van der Waals surface area contributed by atoms with Crippen LogP contribution in [-0.4, -0.2) is 40.2 Å². The number of halogens is 1. The number of hydrogen-bond donors (Lipinski definition) is 1. The smallest absolute Gasteiger partial charge is 0.326 e. The first kappa shape index (κ1) is 15.2. The second-order valence-corrected chi connectivity index (χ2v) is 6.13. The summed E-state index contributed by atoms with van der Waals surface area (Å²) >= 11 is 7.38. The fourth-order valence-corrected chi connectivity index (χ4v) is 3.36. The van der Waals surface area contributed by atoms with Crippen LogP contribution in [0.25, 0.3) is 0 Å². The number of carbonyl (C=O) groups excluding carboxylic acids is 1. The quantitative estimate of drug-likeness (QED) is 0.908. The topological polar surface area (TPSA) is 57.6 Å². The highest BCUT2D eigenvalue weighted by Crippen LogP contribution is 2.21. The van der Waals surface area contributed by atoms with Crippen molar-refractivity contribution in [1.82, 2.24) is 4.90 Å². The number of carboxylic acids is 1. The van der Waals surface area contributed by atoms with Crippen LogP contribution in [0.15, 0.2) is 24.3 Å². The van der Waals surface area contributed by atoms with Gasteiger partial charge in [-0.05, 0) is 30.5 Å². The molecule has 2 rings (SSSR count). The Labute approximate surface area is 127 Å². The number of carboxylic acid groups (broad SMARTS) is 1. The molecule has 4 nitrogen and oxygen atoms in total. The third-order valence-corrected chi connectivity index (χ3v) is 4.47. The number of thioether (sulfide) groups is 1. The second-order valence-electron chi connectivity index (χ2n) is 4.71. The van der Waals surface area contributed by atoms with Crippen LogP contribution in [0.2, 0.25) is 5.02 Å². The molecule has 0 aromatic heterocycles. The normalized spacial score (nSPS) is 18.2. The van der Waals surface area contributed by atoms with E-state index in [0.717, 1.165) is 12.0 Å². The molecule has 1 heterocycles. The van der Waals surface area contributed by atoms with E-state index >= 15 is 0 Å². The van der Waals surface area contributed by atoms with Crippen LogP contribution in [0.4, 0.5) is 0 Å². The van der Waals surface area contributed by atoms with Gasteiger partial charge in [0.05, 0.1) is 5.75 Å². The van der Waals surface area contributed by atoms with Gasteiger partial charge >= 0.3 is 5.97 Å². The summed E-state index contributed by atoms with van der Waals surface area (Å²) in [6.45, 7) is 0.549. The van der Waals surface area contributed by atoms with Gasteiger partial charge < -0.3 is 10.0 Å². The van der Waals surface area contributed by atoms with E-state index in [1.807, 2.05) is 24.3 Å². The molecular formula is C14H16ClNO3S. The van der Waals surface area contributed by atoms with Gasteiger partial charge in [0.25, 0.3) is 0 Å². The number of benzene rings is 1. The van der Waals surface area contributed by atoms with Crippen LogP contribution in [0.1, 0.15) is 18.4 Å². The summed E-state index contributed by atoms with van der Waals surface area (Å²) in [4.78, 5) is 24.5. The average molecular weight is 314 g/mol. The molecule has 0 unspecified atom stereocenters. The standard InChI is InChI=1S/C14H16ClNO3S/c15-11-4-1-3-10(7-11)8-20-9-13(17)16-6-2-5-12(16)14(18)19/h1,3-4,7,12H,2,5-6,8-9H2,(H,18,19)/t12-/m0/s1. The van der Waals surface area contributed by atoms with Gasteiger partial charge in [0.15, 0.2) is 0 Å². The lowest BCUT2D eigenvalue weighted by molar-refractivity contribution is -0.147. The molecule has 1 aliphatic heterocycles. The Morgan fingerprint density at radius 1 is 1.45 bits per heavy atom. The van der Waals surface area contributed by atoms with Gasteiger partial charge in [-0.1, -0.05) is 23.7 Å². The summed E-state index contributed by atoms with van der Waals surface area (Å²) in [7, 11) is 0. The zero-order valence-electron chi connectivity index (χ0n) is 10.9. The largest absolute Gasteiger partial charge is 0.480 e. The Morgan fingerprint density at radius 2 is 2.25 bits per heavy atom. The van der Waals surface area contributed by atoms with Crippen LogP contribution in [0.3, 0.4) is 0 Å². The molecule has 1 N–H and O–H groups in total. The summed E-state index contributed by atoms with van der Waals surface area (Å²) in [6, 6.07) is 6.87.